The van der Waals surface area contributed by atoms with Gasteiger partial charge in [-0.3, -0.25) is 4.79 Å². The summed E-state index contributed by atoms with van der Waals surface area (Å²) >= 11 is 0. The van der Waals surface area contributed by atoms with Gasteiger partial charge in [0.2, 0.25) is 0 Å². The second-order valence-electron chi connectivity index (χ2n) is 6.31. The largest absolute Gasteiger partial charge is 0.381 e. The molecule has 0 aromatic carbocycles. The summed E-state index contributed by atoms with van der Waals surface area (Å²) < 4.78 is 10.7. The average molecular weight is 276 g/mol. The maximum absolute atomic E-state index is 12.4. The highest BCUT2D eigenvalue weighted by molar-refractivity contribution is 5.92. The molecule has 3 fully saturated rings. The number of nitrogens with zero attached hydrogens (tertiary/aromatic N) is 2. The van der Waals surface area contributed by atoms with Crippen molar-refractivity contribution in [2.75, 3.05) is 26.3 Å². The fourth-order valence-corrected chi connectivity index (χ4v) is 3.39. The monoisotopic (exact) mass is 276 g/mol. The van der Waals surface area contributed by atoms with Crippen molar-refractivity contribution in [3.63, 3.8) is 0 Å². The molecule has 20 heavy (non-hydrogen) atoms. The van der Waals surface area contributed by atoms with Crippen molar-refractivity contribution in [1.29, 1.82) is 0 Å². The number of hydrogen-bond acceptors (Lipinski definition) is 4. The standard InChI is InChI=1S/C15H20N2O3/c18-15(13-7-14(20-16-13)10-1-2-10)17-5-3-11(8-17)12-4-6-19-9-12/h7,10-12H,1-6,8-9H2/t11-,12+/m1/s1. The molecule has 1 aliphatic carbocycles. The zero-order chi connectivity index (χ0) is 13.5. The maximum atomic E-state index is 12.4. The summed E-state index contributed by atoms with van der Waals surface area (Å²) in [5, 5.41) is 3.95. The molecule has 1 aromatic heterocycles. The summed E-state index contributed by atoms with van der Waals surface area (Å²) in [5.41, 5.74) is 0.482. The predicted molar refractivity (Wildman–Crippen MR) is 71.4 cm³/mol. The zero-order valence-corrected chi connectivity index (χ0v) is 11.6. The van der Waals surface area contributed by atoms with Gasteiger partial charge >= 0.3 is 0 Å². The third-order valence-electron chi connectivity index (χ3n) is 4.87. The van der Waals surface area contributed by atoms with Crippen molar-refractivity contribution >= 4 is 5.91 Å². The Balaban J connectivity index is 1.40. The Morgan fingerprint density at radius 3 is 2.90 bits per heavy atom. The van der Waals surface area contributed by atoms with Crippen LogP contribution >= 0.6 is 0 Å². The van der Waals surface area contributed by atoms with Crippen LogP contribution in [0.25, 0.3) is 0 Å². The SMILES string of the molecule is O=C(c1cc(C2CC2)on1)N1CC[C@@H]([C@H]2CCOC2)C1. The van der Waals surface area contributed by atoms with Gasteiger partial charge in [-0.05, 0) is 37.5 Å². The van der Waals surface area contributed by atoms with E-state index in [-0.39, 0.29) is 5.91 Å². The van der Waals surface area contributed by atoms with Gasteiger partial charge < -0.3 is 14.2 Å². The molecule has 3 heterocycles. The zero-order valence-electron chi connectivity index (χ0n) is 11.6. The summed E-state index contributed by atoms with van der Waals surface area (Å²) in [5.74, 6) is 2.64. The van der Waals surface area contributed by atoms with E-state index < -0.39 is 0 Å². The minimum Gasteiger partial charge on any atom is -0.381 e. The van der Waals surface area contributed by atoms with Crippen molar-refractivity contribution in [2.24, 2.45) is 11.8 Å². The summed E-state index contributed by atoms with van der Waals surface area (Å²) in [6, 6.07) is 1.84. The van der Waals surface area contributed by atoms with E-state index in [9.17, 15) is 4.79 Å². The van der Waals surface area contributed by atoms with Gasteiger partial charge in [0.15, 0.2) is 5.69 Å². The van der Waals surface area contributed by atoms with Crippen LogP contribution in [0.4, 0.5) is 0 Å². The Morgan fingerprint density at radius 1 is 1.25 bits per heavy atom. The number of hydrogen-bond donors (Lipinski definition) is 0. The molecule has 1 aromatic rings. The molecule has 2 aliphatic heterocycles. The first-order valence-electron chi connectivity index (χ1n) is 7.65. The molecule has 2 saturated heterocycles. The molecular formula is C15H20N2O3. The molecule has 0 radical (unpaired) electrons. The van der Waals surface area contributed by atoms with Gasteiger partial charge in [0.25, 0.3) is 5.91 Å². The van der Waals surface area contributed by atoms with E-state index in [4.69, 9.17) is 9.26 Å². The Hall–Kier alpha value is -1.36. The molecule has 0 N–H and O–H groups in total. The van der Waals surface area contributed by atoms with Crippen molar-refractivity contribution in [3.8, 4) is 0 Å². The molecule has 0 unspecified atom stereocenters. The number of aromatic nitrogens is 1. The first kappa shape index (κ1) is 12.4. The van der Waals surface area contributed by atoms with Crippen molar-refractivity contribution in [1.82, 2.24) is 10.1 Å². The Bertz CT molecular complexity index is 503. The van der Waals surface area contributed by atoms with E-state index in [1.807, 2.05) is 11.0 Å². The van der Waals surface area contributed by atoms with Gasteiger partial charge in [0.05, 0.1) is 0 Å². The third kappa shape index (κ3) is 2.24. The fourth-order valence-electron chi connectivity index (χ4n) is 3.39. The van der Waals surface area contributed by atoms with Gasteiger partial charge in [-0.2, -0.15) is 0 Å². The highest BCUT2D eigenvalue weighted by atomic mass is 16.5. The lowest BCUT2D eigenvalue weighted by Crippen LogP contribution is -2.30. The molecular weight excluding hydrogens is 256 g/mol. The number of carbonyl (C=O) groups is 1. The quantitative estimate of drug-likeness (QED) is 0.848. The van der Waals surface area contributed by atoms with Gasteiger partial charge in [0.1, 0.15) is 5.76 Å². The number of rotatable bonds is 3. The first-order valence-corrected chi connectivity index (χ1v) is 7.65. The summed E-state index contributed by atoms with van der Waals surface area (Å²) in [4.78, 5) is 14.4. The van der Waals surface area contributed by atoms with E-state index in [1.54, 1.807) is 0 Å². The number of amides is 1. The van der Waals surface area contributed by atoms with Crippen LogP contribution in [0.5, 0.6) is 0 Å². The van der Waals surface area contributed by atoms with E-state index in [0.29, 0.717) is 23.4 Å². The van der Waals surface area contributed by atoms with Crippen molar-refractivity contribution < 1.29 is 14.1 Å². The Kier molecular flexibility index (Phi) is 3.02. The van der Waals surface area contributed by atoms with Gasteiger partial charge in [0, 0.05) is 38.3 Å². The maximum Gasteiger partial charge on any atom is 0.276 e. The van der Waals surface area contributed by atoms with E-state index in [2.05, 4.69) is 5.16 Å². The first-order chi connectivity index (χ1) is 9.81. The Labute approximate surface area is 118 Å². The second kappa shape index (κ2) is 4.88. The smallest absolute Gasteiger partial charge is 0.276 e. The normalized spacial score (nSPS) is 30.1. The van der Waals surface area contributed by atoms with E-state index >= 15 is 0 Å². The molecule has 5 nitrogen and oxygen atoms in total. The van der Waals surface area contributed by atoms with E-state index in [0.717, 1.165) is 57.7 Å². The lowest BCUT2D eigenvalue weighted by Gasteiger charge is -2.18. The number of ether oxygens (including phenoxy) is 1. The van der Waals surface area contributed by atoms with Gasteiger partial charge in [-0.1, -0.05) is 5.16 Å². The van der Waals surface area contributed by atoms with Crippen LogP contribution in [0.1, 0.15) is 47.8 Å². The van der Waals surface area contributed by atoms with Crippen molar-refractivity contribution in [2.45, 2.75) is 31.6 Å². The predicted octanol–water partition coefficient (Wildman–Crippen LogP) is 2.05. The molecule has 108 valence electrons. The number of carbonyl (C=O) groups excluding carboxylic acids is 1. The molecule has 1 amide bonds. The molecule has 0 bridgehead atoms. The Morgan fingerprint density at radius 2 is 2.15 bits per heavy atom. The average Bonchev–Trinajstić information content (AvgIpc) is 2.97. The summed E-state index contributed by atoms with van der Waals surface area (Å²) in [6.45, 7) is 3.43. The van der Waals surface area contributed by atoms with Gasteiger partial charge in [-0.25, -0.2) is 0 Å². The number of likely N-dealkylation sites (tertiary alicyclic amines) is 1. The van der Waals surface area contributed by atoms with Crippen molar-refractivity contribution in [3.05, 3.63) is 17.5 Å². The minimum atomic E-state index is 0.0297. The van der Waals surface area contributed by atoms with Crippen LogP contribution in [0.3, 0.4) is 0 Å². The van der Waals surface area contributed by atoms with Crippen LogP contribution in [0, 0.1) is 11.8 Å². The molecule has 5 heteroatoms. The lowest BCUT2D eigenvalue weighted by molar-refractivity contribution is 0.0770. The lowest BCUT2D eigenvalue weighted by atomic mass is 9.91. The van der Waals surface area contributed by atoms with Crippen LogP contribution in [-0.2, 0) is 4.74 Å². The topological polar surface area (TPSA) is 55.6 Å². The highest BCUT2D eigenvalue weighted by Crippen LogP contribution is 2.40. The molecule has 3 aliphatic rings. The van der Waals surface area contributed by atoms with Crippen LogP contribution in [0.2, 0.25) is 0 Å². The minimum absolute atomic E-state index is 0.0297. The van der Waals surface area contributed by atoms with Gasteiger partial charge in [-0.15, -0.1) is 0 Å². The molecule has 1 saturated carbocycles. The fraction of sp³-hybridized carbons (Fsp3) is 0.733. The molecule has 4 rings (SSSR count). The van der Waals surface area contributed by atoms with Crippen LogP contribution in [0.15, 0.2) is 10.6 Å². The molecule has 0 spiro atoms. The van der Waals surface area contributed by atoms with E-state index in [1.165, 1.54) is 0 Å². The summed E-state index contributed by atoms with van der Waals surface area (Å²) in [6.07, 6.45) is 4.56. The van der Waals surface area contributed by atoms with Crippen LogP contribution in [-0.4, -0.2) is 42.3 Å². The molecule has 2 atom stereocenters. The summed E-state index contributed by atoms with van der Waals surface area (Å²) in [7, 11) is 0. The third-order valence-corrected chi connectivity index (χ3v) is 4.87. The second-order valence-corrected chi connectivity index (χ2v) is 6.31. The van der Waals surface area contributed by atoms with Crippen LogP contribution < -0.4 is 0 Å². The highest BCUT2D eigenvalue weighted by Gasteiger charge is 2.35.